The second-order valence-corrected chi connectivity index (χ2v) is 6.45. The van der Waals surface area contributed by atoms with E-state index < -0.39 is 5.51 Å². The van der Waals surface area contributed by atoms with Crippen LogP contribution in [0.2, 0.25) is 0 Å². The third-order valence-corrected chi connectivity index (χ3v) is 4.24. The van der Waals surface area contributed by atoms with Crippen molar-refractivity contribution in [1.82, 2.24) is 10.2 Å². The van der Waals surface area contributed by atoms with Crippen LogP contribution in [0.1, 0.15) is 25.7 Å². The maximum absolute atomic E-state index is 12.1. The summed E-state index contributed by atoms with van der Waals surface area (Å²) in [4.78, 5) is 2.22. The van der Waals surface area contributed by atoms with E-state index in [-0.39, 0.29) is 17.5 Å². The molecule has 1 unspecified atom stereocenters. The second kappa shape index (κ2) is 6.48. The predicted octanol–water partition coefficient (Wildman–Crippen LogP) is 2.70. The minimum absolute atomic E-state index is 0.105. The molecule has 0 aromatic heterocycles. The molecule has 18 heavy (non-hydrogen) atoms. The molecular formula is C12H21F3N2S. The molecule has 2 fully saturated rings. The van der Waals surface area contributed by atoms with Gasteiger partial charge in [-0.1, -0.05) is 0 Å². The average Bonchev–Trinajstić information content (AvgIpc) is 2.91. The van der Waals surface area contributed by atoms with Crippen molar-refractivity contribution < 1.29 is 13.2 Å². The Balaban J connectivity index is 1.69. The number of rotatable bonds is 7. The van der Waals surface area contributed by atoms with Gasteiger partial charge < -0.3 is 10.2 Å². The minimum Gasteiger partial charge on any atom is -0.313 e. The summed E-state index contributed by atoms with van der Waals surface area (Å²) >= 11 is 0.105. The summed E-state index contributed by atoms with van der Waals surface area (Å²) in [5.41, 5.74) is -4.09. The molecule has 2 rings (SSSR count). The number of halogens is 3. The fourth-order valence-electron chi connectivity index (χ4n) is 2.44. The third-order valence-electron chi connectivity index (χ3n) is 3.53. The summed E-state index contributed by atoms with van der Waals surface area (Å²) in [6.07, 6.45) is 4.86. The first kappa shape index (κ1) is 14.5. The second-order valence-electron chi connectivity index (χ2n) is 5.29. The van der Waals surface area contributed by atoms with Crippen LogP contribution in [0.5, 0.6) is 0 Å². The molecule has 0 amide bonds. The van der Waals surface area contributed by atoms with Gasteiger partial charge in [0.05, 0.1) is 0 Å². The molecular weight excluding hydrogens is 261 g/mol. The van der Waals surface area contributed by atoms with Crippen molar-refractivity contribution in [3.05, 3.63) is 0 Å². The number of hydrogen-bond acceptors (Lipinski definition) is 3. The quantitative estimate of drug-likeness (QED) is 0.773. The summed E-state index contributed by atoms with van der Waals surface area (Å²) in [5.74, 6) is 0.894. The van der Waals surface area contributed by atoms with Gasteiger partial charge in [0.25, 0.3) is 0 Å². The van der Waals surface area contributed by atoms with Crippen LogP contribution in [0.3, 0.4) is 0 Å². The minimum atomic E-state index is -4.09. The van der Waals surface area contributed by atoms with Crippen molar-refractivity contribution in [2.24, 2.45) is 5.92 Å². The number of thioether (sulfide) groups is 1. The fourth-order valence-corrected chi connectivity index (χ4v) is 3.02. The molecule has 1 atom stereocenters. The molecule has 2 aliphatic rings. The van der Waals surface area contributed by atoms with Gasteiger partial charge in [-0.05, 0) is 49.9 Å². The van der Waals surface area contributed by atoms with E-state index in [4.69, 9.17) is 0 Å². The van der Waals surface area contributed by atoms with E-state index >= 15 is 0 Å². The van der Waals surface area contributed by atoms with Crippen molar-refractivity contribution in [1.29, 1.82) is 0 Å². The van der Waals surface area contributed by atoms with E-state index in [1.165, 1.54) is 19.3 Å². The number of alkyl halides is 3. The van der Waals surface area contributed by atoms with E-state index in [1.807, 2.05) is 0 Å². The van der Waals surface area contributed by atoms with Crippen molar-refractivity contribution in [3.8, 4) is 0 Å². The molecule has 0 spiro atoms. The summed E-state index contributed by atoms with van der Waals surface area (Å²) in [7, 11) is 0. The van der Waals surface area contributed by atoms with Gasteiger partial charge in [0.15, 0.2) is 0 Å². The van der Waals surface area contributed by atoms with Crippen LogP contribution in [-0.2, 0) is 0 Å². The van der Waals surface area contributed by atoms with E-state index in [2.05, 4.69) is 10.2 Å². The lowest BCUT2D eigenvalue weighted by atomic mass is 10.2. The largest absolute Gasteiger partial charge is 0.441 e. The molecule has 106 valence electrons. The Labute approximate surface area is 111 Å². The van der Waals surface area contributed by atoms with Crippen LogP contribution >= 0.6 is 11.8 Å². The summed E-state index contributed by atoms with van der Waals surface area (Å²) < 4.78 is 36.4. The maximum atomic E-state index is 12.1. The van der Waals surface area contributed by atoms with Crippen LogP contribution < -0.4 is 5.32 Å². The molecule has 0 aromatic rings. The molecule has 6 heteroatoms. The molecule has 2 nitrogen and oxygen atoms in total. The van der Waals surface area contributed by atoms with E-state index in [0.29, 0.717) is 12.6 Å². The first-order valence-corrected chi connectivity index (χ1v) is 7.68. The van der Waals surface area contributed by atoms with Gasteiger partial charge in [0.1, 0.15) is 0 Å². The third kappa shape index (κ3) is 5.80. The number of nitrogens with zero attached hydrogens (tertiary/aromatic N) is 1. The summed E-state index contributed by atoms with van der Waals surface area (Å²) in [5, 5.41) is 3.42. The Morgan fingerprint density at radius 3 is 2.50 bits per heavy atom. The van der Waals surface area contributed by atoms with Gasteiger partial charge in [-0.2, -0.15) is 13.2 Å². The van der Waals surface area contributed by atoms with Gasteiger partial charge >= 0.3 is 5.51 Å². The highest BCUT2D eigenvalue weighted by Gasteiger charge is 2.30. The highest BCUT2D eigenvalue weighted by Crippen LogP contribution is 2.32. The molecule has 0 bridgehead atoms. The number of hydrogen-bond donors (Lipinski definition) is 1. The zero-order valence-electron chi connectivity index (χ0n) is 10.5. The molecule has 1 aliphatic carbocycles. The molecule has 0 aromatic carbocycles. The van der Waals surface area contributed by atoms with Crippen LogP contribution in [0.25, 0.3) is 0 Å². The fraction of sp³-hybridized carbons (Fsp3) is 1.00. The highest BCUT2D eigenvalue weighted by atomic mass is 32.2. The molecule has 1 aliphatic heterocycles. The lowest BCUT2D eigenvalue weighted by Crippen LogP contribution is -2.39. The van der Waals surface area contributed by atoms with Crippen molar-refractivity contribution in [2.75, 3.05) is 31.9 Å². The summed E-state index contributed by atoms with van der Waals surface area (Å²) in [6.45, 7) is 3.50. The average molecular weight is 282 g/mol. The van der Waals surface area contributed by atoms with Gasteiger partial charge in [-0.25, -0.2) is 0 Å². The Morgan fingerprint density at radius 2 is 1.94 bits per heavy atom. The molecule has 0 radical (unpaired) electrons. The zero-order chi connectivity index (χ0) is 13.0. The number of nitrogens with one attached hydrogen (secondary N) is 1. The molecule has 1 heterocycles. The van der Waals surface area contributed by atoms with Gasteiger partial charge in [0, 0.05) is 31.4 Å². The van der Waals surface area contributed by atoms with E-state index in [0.717, 1.165) is 32.0 Å². The van der Waals surface area contributed by atoms with Crippen molar-refractivity contribution in [2.45, 2.75) is 37.2 Å². The van der Waals surface area contributed by atoms with Gasteiger partial charge in [0.2, 0.25) is 0 Å². The molecule has 1 saturated heterocycles. The highest BCUT2D eigenvalue weighted by molar-refractivity contribution is 8.00. The van der Waals surface area contributed by atoms with Crippen LogP contribution in [0.15, 0.2) is 0 Å². The topological polar surface area (TPSA) is 15.3 Å². The first-order chi connectivity index (χ1) is 8.53. The molecule has 1 saturated carbocycles. The Bertz CT molecular complexity index is 250. The van der Waals surface area contributed by atoms with Crippen LogP contribution in [-0.4, -0.2) is 48.4 Å². The normalized spacial score (nSPS) is 25.0. The lowest BCUT2D eigenvalue weighted by Gasteiger charge is -2.25. The monoisotopic (exact) mass is 282 g/mol. The maximum Gasteiger partial charge on any atom is 0.441 e. The molecule has 1 N–H and O–H groups in total. The Hall–Kier alpha value is 0.0600. The SMILES string of the molecule is FC(F)(F)SCCN(CC1CC1)CC1CCCN1. The Kier molecular flexibility index (Phi) is 5.21. The van der Waals surface area contributed by atoms with E-state index in [9.17, 15) is 13.2 Å². The Morgan fingerprint density at radius 1 is 1.17 bits per heavy atom. The predicted molar refractivity (Wildman–Crippen MR) is 68.7 cm³/mol. The lowest BCUT2D eigenvalue weighted by molar-refractivity contribution is -0.0328. The van der Waals surface area contributed by atoms with Gasteiger partial charge in [-0.15, -0.1) is 0 Å². The standard InChI is InChI=1S/C12H21F3N2S/c13-12(14,15)18-7-6-17(8-10-3-4-10)9-11-2-1-5-16-11/h10-11,16H,1-9H2. The van der Waals surface area contributed by atoms with Crippen molar-refractivity contribution in [3.63, 3.8) is 0 Å². The van der Waals surface area contributed by atoms with Crippen LogP contribution in [0.4, 0.5) is 13.2 Å². The van der Waals surface area contributed by atoms with Gasteiger partial charge in [-0.3, -0.25) is 0 Å². The zero-order valence-corrected chi connectivity index (χ0v) is 11.3. The summed E-state index contributed by atoms with van der Waals surface area (Å²) in [6, 6.07) is 0.486. The smallest absolute Gasteiger partial charge is 0.313 e. The van der Waals surface area contributed by atoms with E-state index in [1.54, 1.807) is 0 Å². The van der Waals surface area contributed by atoms with Crippen molar-refractivity contribution >= 4 is 11.8 Å². The van der Waals surface area contributed by atoms with Crippen LogP contribution in [0, 0.1) is 5.92 Å². The first-order valence-electron chi connectivity index (χ1n) is 6.69.